The Kier molecular flexibility index (Phi) is 5.51. The van der Waals surface area contributed by atoms with Crippen molar-refractivity contribution in [2.45, 2.75) is 38.3 Å². The fraction of sp³-hybridized carbons (Fsp3) is 0.545. The molecule has 1 amide bonds. The molecule has 3 aliphatic rings. The first-order valence-corrected chi connectivity index (χ1v) is 10.3. The van der Waals surface area contributed by atoms with Gasteiger partial charge in [-0.1, -0.05) is 25.1 Å². The monoisotopic (exact) mass is 405 g/mol. The van der Waals surface area contributed by atoms with Crippen molar-refractivity contribution >= 4 is 11.6 Å². The molecule has 0 aromatic heterocycles. The van der Waals surface area contributed by atoms with E-state index >= 15 is 0 Å². The Bertz CT molecular complexity index is 851. The van der Waals surface area contributed by atoms with Crippen molar-refractivity contribution in [2.24, 2.45) is 4.99 Å². The molecule has 4 nitrogen and oxygen atoms in total. The Labute approximate surface area is 169 Å². The van der Waals surface area contributed by atoms with E-state index in [9.17, 15) is 18.0 Å². The number of rotatable bonds is 3. The number of piperidine rings is 1. The maximum Gasteiger partial charge on any atom is 0.416 e. The van der Waals surface area contributed by atoms with Gasteiger partial charge in [-0.3, -0.25) is 14.7 Å². The Morgan fingerprint density at radius 2 is 1.90 bits per heavy atom. The summed E-state index contributed by atoms with van der Waals surface area (Å²) in [6.07, 6.45) is -2.41. The summed E-state index contributed by atoms with van der Waals surface area (Å²) in [4.78, 5) is 21.7. The molecule has 3 heterocycles. The molecule has 0 N–H and O–H groups in total. The van der Waals surface area contributed by atoms with Crippen LogP contribution in [0, 0.1) is 0 Å². The first kappa shape index (κ1) is 20.1. The number of likely N-dealkylation sites (N-methyl/N-ethyl adjacent to an activating group) is 1. The van der Waals surface area contributed by atoms with Crippen LogP contribution < -0.4 is 0 Å². The number of carbonyl (C=O) groups excluding carboxylic acids is 1. The highest BCUT2D eigenvalue weighted by Crippen LogP contribution is 2.38. The number of alkyl halides is 3. The van der Waals surface area contributed by atoms with E-state index in [1.54, 1.807) is 17.0 Å². The molecule has 4 rings (SSSR count). The fourth-order valence-corrected chi connectivity index (χ4v) is 4.71. The zero-order valence-corrected chi connectivity index (χ0v) is 16.6. The van der Waals surface area contributed by atoms with Gasteiger partial charge in [0.25, 0.3) is 5.91 Å². The highest BCUT2D eigenvalue weighted by atomic mass is 19.4. The molecule has 0 bridgehead atoms. The lowest BCUT2D eigenvalue weighted by atomic mass is 9.86. The second kappa shape index (κ2) is 7.94. The van der Waals surface area contributed by atoms with Crippen molar-refractivity contribution in [3.63, 3.8) is 0 Å². The number of aliphatic imine (C=N–C) groups is 1. The van der Waals surface area contributed by atoms with Crippen LogP contribution in [0.5, 0.6) is 0 Å². The van der Waals surface area contributed by atoms with E-state index in [0.717, 1.165) is 37.7 Å². The van der Waals surface area contributed by atoms with Gasteiger partial charge in [-0.15, -0.1) is 0 Å². The van der Waals surface area contributed by atoms with E-state index in [0.29, 0.717) is 43.8 Å². The Balaban J connectivity index is 1.42. The van der Waals surface area contributed by atoms with Gasteiger partial charge in [-0.25, -0.2) is 0 Å². The van der Waals surface area contributed by atoms with Crippen molar-refractivity contribution in [1.82, 2.24) is 9.80 Å². The van der Waals surface area contributed by atoms with E-state index in [4.69, 9.17) is 0 Å². The van der Waals surface area contributed by atoms with Crippen LogP contribution in [0.25, 0.3) is 0 Å². The summed E-state index contributed by atoms with van der Waals surface area (Å²) in [5, 5.41) is 0. The van der Waals surface area contributed by atoms with E-state index in [2.05, 4.69) is 16.8 Å². The van der Waals surface area contributed by atoms with Crippen LogP contribution in [0.4, 0.5) is 13.2 Å². The largest absolute Gasteiger partial charge is 0.416 e. The quantitative estimate of drug-likeness (QED) is 0.765. The van der Waals surface area contributed by atoms with Crippen LogP contribution in [0.15, 0.2) is 40.4 Å². The van der Waals surface area contributed by atoms with Crippen LogP contribution in [-0.2, 0) is 11.0 Å². The molecule has 29 heavy (non-hydrogen) atoms. The summed E-state index contributed by atoms with van der Waals surface area (Å²) in [7, 11) is 0. The second-order valence-electron chi connectivity index (χ2n) is 8.02. The third-order valence-corrected chi connectivity index (χ3v) is 6.37. The molecule has 0 unspecified atom stereocenters. The maximum atomic E-state index is 13.3. The summed E-state index contributed by atoms with van der Waals surface area (Å²) in [6.45, 7) is 6.49. The van der Waals surface area contributed by atoms with E-state index in [1.807, 2.05) is 0 Å². The number of nitrogens with zero attached hydrogens (tertiary/aromatic N) is 3. The summed E-state index contributed by atoms with van der Waals surface area (Å²) in [5.41, 5.74) is 2.73. The average molecular weight is 405 g/mol. The van der Waals surface area contributed by atoms with Gasteiger partial charge in [0.15, 0.2) is 0 Å². The minimum absolute atomic E-state index is 0.0532. The normalized spacial score (nSPS) is 21.4. The van der Waals surface area contributed by atoms with Crippen molar-refractivity contribution in [1.29, 1.82) is 0 Å². The van der Waals surface area contributed by atoms with Gasteiger partial charge >= 0.3 is 6.18 Å². The highest BCUT2D eigenvalue weighted by molar-refractivity contribution is 6.46. The van der Waals surface area contributed by atoms with Crippen molar-refractivity contribution in [3.8, 4) is 0 Å². The van der Waals surface area contributed by atoms with E-state index in [-0.39, 0.29) is 11.8 Å². The topological polar surface area (TPSA) is 35.9 Å². The number of halogens is 3. The van der Waals surface area contributed by atoms with Crippen LogP contribution in [0.3, 0.4) is 0 Å². The number of hydrogen-bond acceptors (Lipinski definition) is 3. The summed E-state index contributed by atoms with van der Waals surface area (Å²) >= 11 is 0. The van der Waals surface area contributed by atoms with Crippen LogP contribution in [0.1, 0.15) is 43.2 Å². The summed E-state index contributed by atoms with van der Waals surface area (Å²) in [6, 6.07) is 5.81. The van der Waals surface area contributed by atoms with Gasteiger partial charge in [0, 0.05) is 26.2 Å². The van der Waals surface area contributed by atoms with Gasteiger partial charge in [0.2, 0.25) is 0 Å². The number of hydrogen-bond donors (Lipinski definition) is 0. The lowest BCUT2D eigenvalue weighted by Gasteiger charge is -2.34. The molecular weight excluding hydrogens is 379 g/mol. The Morgan fingerprint density at radius 1 is 1.17 bits per heavy atom. The Morgan fingerprint density at radius 3 is 2.59 bits per heavy atom. The fourth-order valence-electron chi connectivity index (χ4n) is 4.71. The predicted octanol–water partition coefficient (Wildman–Crippen LogP) is 3.89. The standard InChI is InChI=1S/C22H26F3N3O/c1-2-27-10-9-18-16(14-27)13-26-20(18)21(29)28-11-7-15(8-12-28)17-5-3-4-6-19(17)22(23,24)25/h3-6,15H,2,7-14H2,1H3. The van der Waals surface area contributed by atoms with Gasteiger partial charge in [0.05, 0.1) is 12.1 Å². The number of likely N-dealkylation sites (tertiary alicyclic amines) is 1. The molecule has 1 fully saturated rings. The third-order valence-electron chi connectivity index (χ3n) is 6.37. The molecule has 0 spiro atoms. The molecule has 0 saturated carbocycles. The van der Waals surface area contributed by atoms with Crippen LogP contribution in [-0.4, -0.2) is 60.7 Å². The molecule has 0 radical (unpaired) electrons. The summed E-state index contributed by atoms with van der Waals surface area (Å²) < 4.78 is 40.0. The molecule has 1 aromatic carbocycles. The first-order valence-electron chi connectivity index (χ1n) is 10.3. The van der Waals surface area contributed by atoms with Crippen LogP contribution >= 0.6 is 0 Å². The lowest BCUT2D eigenvalue weighted by molar-refractivity contribution is -0.138. The van der Waals surface area contributed by atoms with E-state index in [1.165, 1.54) is 11.6 Å². The maximum absolute atomic E-state index is 13.3. The van der Waals surface area contributed by atoms with Gasteiger partial charge in [0.1, 0.15) is 5.71 Å². The Hall–Kier alpha value is -2.15. The molecule has 3 aliphatic heterocycles. The minimum atomic E-state index is -4.35. The van der Waals surface area contributed by atoms with E-state index < -0.39 is 11.7 Å². The zero-order chi connectivity index (χ0) is 20.6. The third kappa shape index (κ3) is 3.97. The minimum Gasteiger partial charge on any atom is -0.337 e. The van der Waals surface area contributed by atoms with Crippen molar-refractivity contribution in [3.05, 3.63) is 46.5 Å². The van der Waals surface area contributed by atoms with Crippen molar-refractivity contribution in [2.75, 3.05) is 39.3 Å². The smallest absolute Gasteiger partial charge is 0.337 e. The van der Waals surface area contributed by atoms with Gasteiger partial charge < -0.3 is 4.90 Å². The molecule has 1 saturated heterocycles. The number of benzene rings is 1. The number of carbonyl (C=O) groups is 1. The molecule has 0 aliphatic carbocycles. The number of amides is 1. The van der Waals surface area contributed by atoms with Crippen LogP contribution in [0.2, 0.25) is 0 Å². The average Bonchev–Trinajstić information content (AvgIpc) is 3.16. The molecular formula is C22H26F3N3O. The summed E-state index contributed by atoms with van der Waals surface area (Å²) in [5.74, 6) is -0.229. The highest BCUT2D eigenvalue weighted by Gasteiger charge is 2.37. The van der Waals surface area contributed by atoms with Crippen molar-refractivity contribution < 1.29 is 18.0 Å². The van der Waals surface area contributed by atoms with Gasteiger partial charge in [-0.2, -0.15) is 13.2 Å². The first-order chi connectivity index (χ1) is 13.9. The SMILES string of the molecule is CCN1CCC2=C(CN=C2C(=O)N2CCC(c3ccccc3C(F)(F)F)CC2)C1. The zero-order valence-electron chi connectivity index (χ0n) is 16.6. The molecule has 0 atom stereocenters. The predicted molar refractivity (Wildman–Crippen MR) is 106 cm³/mol. The van der Waals surface area contributed by atoms with Gasteiger partial charge in [-0.05, 0) is 54.5 Å². The lowest BCUT2D eigenvalue weighted by Crippen LogP contribution is -2.43. The molecule has 7 heteroatoms. The molecule has 1 aromatic rings. The second-order valence-corrected chi connectivity index (χ2v) is 8.02. The molecule has 156 valence electrons.